The number of hydrogen-bond donors (Lipinski definition) is 0. The minimum absolute atomic E-state index is 0.0186. The first-order chi connectivity index (χ1) is 6.63. The van der Waals surface area contributed by atoms with E-state index >= 15 is 0 Å². The summed E-state index contributed by atoms with van der Waals surface area (Å²) in [5.41, 5.74) is 0.643. The zero-order valence-corrected chi connectivity index (χ0v) is 9.65. The highest BCUT2D eigenvalue weighted by atomic mass is 79.9. The Hall–Kier alpha value is -0.920. The van der Waals surface area contributed by atoms with E-state index in [0.29, 0.717) is 5.69 Å². The maximum atomic E-state index is 8.87. The van der Waals surface area contributed by atoms with Gasteiger partial charge >= 0.3 is 0 Å². The summed E-state index contributed by atoms with van der Waals surface area (Å²) >= 11 is 3.28. The van der Waals surface area contributed by atoms with E-state index in [1.807, 2.05) is 19.9 Å². The van der Waals surface area contributed by atoms with Crippen molar-refractivity contribution in [1.82, 2.24) is 4.98 Å². The molecule has 0 saturated carbocycles. The summed E-state index contributed by atoms with van der Waals surface area (Å²) in [4.78, 5) is 4.11. The molecule has 0 spiro atoms. The van der Waals surface area contributed by atoms with Gasteiger partial charge in [0.05, 0.1) is 11.8 Å². The molecule has 0 bridgehead atoms. The molecule has 1 rings (SSSR count). The Balaban J connectivity index is 2.80. The molecule has 0 N–H and O–H groups in total. The summed E-state index contributed by atoms with van der Waals surface area (Å²) in [5, 5.41) is 8.87. The number of hydrogen-bond acceptors (Lipinski definition) is 3. The van der Waals surface area contributed by atoms with Crippen LogP contribution in [0.2, 0.25) is 0 Å². The van der Waals surface area contributed by atoms with Gasteiger partial charge in [-0.25, -0.2) is 0 Å². The maximum absolute atomic E-state index is 8.87. The number of rotatable bonds is 3. The van der Waals surface area contributed by atoms with E-state index in [-0.39, 0.29) is 6.10 Å². The molecule has 0 aromatic carbocycles. The second-order valence-corrected chi connectivity index (χ2v) is 4.01. The van der Waals surface area contributed by atoms with Gasteiger partial charge in [0.1, 0.15) is 6.07 Å². The third-order valence-corrected chi connectivity index (χ3v) is 2.01. The highest BCUT2D eigenvalue weighted by molar-refractivity contribution is 9.10. The lowest BCUT2D eigenvalue weighted by Crippen LogP contribution is -2.10. The maximum Gasteiger partial charge on any atom is 0.186 e. The van der Waals surface area contributed by atoms with Crippen molar-refractivity contribution in [3.05, 3.63) is 28.5 Å². The minimum atomic E-state index is -0.580. The normalized spacial score (nSPS) is 12.5. The van der Waals surface area contributed by atoms with Crippen LogP contribution in [0.3, 0.4) is 0 Å². The summed E-state index contributed by atoms with van der Waals surface area (Å²) in [6.07, 6.45) is 1.09. The predicted octanol–water partition coefficient (Wildman–Crippen LogP) is 2.83. The molecular weight excluding hydrogens is 244 g/mol. The Morgan fingerprint density at radius 1 is 1.50 bits per heavy atom. The van der Waals surface area contributed by atoms with Gasteiger partial charge in [0.2, 0.25) is 0 Å². The monoisotopic (exact) mass is 254 g/mol. The highest BCUT2D eigenvalue weighted by Crippen LogP contribution is 2.17. The summed E-state index contributed by atoms with van der Waals surface area (Å²) in [5.74, 6) is 0. The molecule has 0 fully saturated rings. The van der Waals surface area contributed by atoms with Crippen molar-refractivity contribution in [3.63, 3.8) is 0 Å². The van der Waals surface area contributed by atoms with Crippen LogP contribution in [-0.2, 0) is 4.74 Å². The van der Waals surface area contributed by atoms with E-state index in [1.165, 1.54) is 0 Å². The molecule has 1 unspecified atom stereocenters. The first-order valence-electron chi connectivity index (χ1n) is 4.30. The van der Waals surface area contributed by atoms with Crippen LogP contribution in [0.25, 0.3) is 0 Å². The molecule has 0 saturated heterocycles. The van der Waals surface area contributed by atoms with Gasteiger partial charge in [-0.1, -0.05) is 0 Å². The van der Waals surface area contributed by atoms with Crippen LogP contribution >= 0.6 is 15.9 Å². The zero-order chi connectivity index (χ0) is 10.6. The van der Waals surface area contributed by atoms with Gasteiger partial charge < -0.3 is 4.74 Å². The second-order valence-electron chi connectivity index (χ2n) is 3.10. The average Bonchev–Trinajstić information content (AvgIpc) is 2.15. The standard InChI is InChI=1S/C10H11BrN2O/c1-7(2)14-10(5-12)9-4-3-8(11)6-13-9/h3-4,6-7,10H,1-2H3. The number of aromatic nitrogens is 1. The molecule has 1 heterocycles. The Bertz CT molecular complexity index is 329. The van der Waals surface area contributed by atoms with Crippen molar-refractivity contribution < 1.29 is 4.74 Å². The average molecular weight is 255 g/mol. The fourth-order valence-electron chi connectivity index (χ4n) is 0.981. The molecule has 0 amide bonds. The highest BCUT2D eigenvalue weighted by Gasteiger charge is 2.13. The van der Waals surface area contributed by atoms with E-state index in [9.17, 15) is 0 Å². The molecular formula is C10H11BrN2O. The smallest absolute Gasteiger partial charge is 0.186 e. The van der Waals surface area contributed by atoms with E-state index < -0.39 is 6.10 Å². The number of ether oxygens (including phenoxy) is 1. The Kier molecular flexibility index (Phi) is 4.05. The molecule has 0 aliphatic carbocycles. The second kappa shape index (κ2) is 5.08. The third kappa shape index (κ3) is 3.09. The van der Waals surface area contributed by atoms with Crippen LogP contribution in [0.15, 0.2) is 22.8 Å². The van der Waals surface area contributed by atoms with Gasteiger partial charge in [-0.15, -0.1) is 0 Å². The summed E-state index contributed by atoms with van der Waals surface area (Å²) in [7, 11) is 0. The molecule has 0 radical (unpaired) electrons. The Labute approximate surface area is 91.8 Å². The Morgan fingerprint density at radius 2 is 2.21 bits per heavy atom. The molecule has 1 atom stereocenters. The minimum Gasteiger partial charge on any atom is -0.354 e. The summed E-state index contributed by atoms with van der Waals surface area (Å²) in [6.45, 7) is 3.78. The molecule has 0 aliphatic rings. The van der Waals surface area contributed by atoms with Crippen LogP contribution in [0, 0.1) is 11.3 Å². The molecule has 4 heteroatoms. The van der Waals surface area contributed by atoms with Gasteiger partial charge in [-0.05, 0) is 41.9 Å². The van der Waals surface area contributed by atoms with E-state index in [0.717, 1.165) is 4.47 Å². The molecule has 74 valence electrons. The van der Waals surface area contributed by atoms with E-state index in [2.05, 4.69) is 27.0 Å². The number of pyridine rings is 1. The fraction of sp³-hybridized carbons (Fsp3) is 0.400. The van der Waals surface area contributed by atoms with Crippen LogP contribution in [0.4, 0.5) is 0 Å². The lowest BCUT2D eigenvalue weighted by Gasteiger charge is -2.12. The lowest BCUT2D eigenvalue weighted by atomic mass is 10.2. The van der Waals surface area contributed by atoms with Gasteiger partial charge in [0.15, 0.2) is 6.10 Å². The number of nitriles is 1. The van der Waals surface area contributed by atoms with Crippen LogP contribution in [0.1, 0.15) is 25.6 Å². The van der Waals surface area contributed by atoms with Crippen LogP contribution in [-0.4, -0.2) is 11.1 Å². The lowest BCUT2D eigenvalue weighted by molar-refractivity contribution is 0.0369. The van der Waals surface area contributed by atoms with E-state index in [1.54, 1.807) is 12.3 Å². The van der Waals surface area contributed by atoms with Gasteiger partial charge in [-0.3, -0.25) is 4.98 Å². The zero-order valence-electron chi connectivity index (χ0n) is 8.07. The van der Waals surface area contributed by atoms with Crippen molar-refractivity contribution >= 4 is 15.9 Å². The molecule has 1 aromatic rings. The van der Waals surface area contributed by atoms with Gasteiger partial charge in [0, 0.05) is 10.7 Å². The van der Waals surface area contributed by atoms with Crippen LogP contribution < -0.4 is 0 Å². The summed E-state index contributed by atoms with van der Waals surface area (Å²) < 4.78 is 6.28. The number of nitrogens with zero attached hydrogens (tertiary/aromatic N) is 2. The Morgan fingerprint density at radius 3 is 2.64 bits per heavy atom. The number of halogens is 1. The van der Waals surface area contributed by atoms with Crippen molar-refractivity contribution in [2.45, 2.75) is 26.1 Å². The van der Waals surface area contributed by atoms with E-state index in [4.69, 9.17) is 10.00 Å². The van der Waals surface area contributed by atoms with Crippen molar-refractivity contribution in [3.8, 4) is 6.07 Å². The molecule has 3 nitrogen and oxygen atoms in total. The first-order valence-corrected chi connectivity index (χ1v) is 5.09. The summed E-state index contributed by atoms with van der Waals surface area (Å²) in [6, 6.07) is 5.69. The van der Waals surface area contributed by atoms with Crippen LogP contribution in [0.5, 0.6) is 0 Å². The molecule has 1 aromatic heterocycles. The quantitative estimate of drug-likeness (QED) is 0.834. The van der Waals surface area contributed by atoms with Crippen molar-refractivity contribution in [2.75, 3.05) is 0 Å². The fourth-order valence-corrected chi connectivity index (χ4v) is 1.22. The third-order valence-electron chi connectivity index (χ3n) is 1.54. The first kappa shape index (κ1) is 11.2. The topological polar surface area (TPSA) is 45.9 Å². The predicted molar refractivity (Wildman–Crippen MR) is 56.5 cm³/mol. The van der Waals surface area contributed by atoms with Gasteiger partial charge in [0.25, 0.3) is 0 Å². The molecule has 0 aliphatic heterocycles. The largest absolute Gasteiger partial charge is 0.354 e. The SMILES string of the molecule is CC(C)OC(C#N)c1ccc(Br)cn1. The van der Waals surface area contributed by atoms with Crippen molar-refractivity contribution in [1.29, 1.82) is 5.26 Å². The van der Waals surface area contributed by atoms with Crippen molar-refractivity contribution in [2.24, 2.45) is 0 Å². The van der Waals surface area contributed by atoms with Gasteiger partial charge in [-0.2, -0.15) is 5.26 Å². The molecule has 14 heavy (non-hydrogen) atoms.